The molecule has 1 aliphatic heterocycles. The van der Waals surface area contributed by atoms with Gasteiger partial charge in [0, 0.05) is 23.6 Å². The van der Waals surface area contributed by atoms with Crippen molar-refractivity contribution < 1.29 is 9.59 Å². The van der Waals surface area contributed by atoms with Gasteiger partial charge >= 0.3 is 0 Å². The smallest absolute Gasteiger partial charge is 0.280 e. The first-order valence-corrected chi connectivity index (χ1v) is 12.8. The van der Waals surface area contributed by atoms with E-state index in [9.17, 15) is 14.4 Å². The number of terminal acetylenes is 1. The molecule has 1 saturated heterocycles. The number of allylic oxidation sites excluding steroid dienone is 3. The van der Waals surface area contributed by atoms with E-state index in [1.165, 1.54) is 9.58 Å². The summed E-state index contributed by atoms with van der Waals surface area (Å²) in [6, 6.07) is 13.8. The number of hydrogen-bond donors (Lipinski definition) is 2. The highest BCUT2D eigenvalue weighted by Crippen LogP contribution is 2.31. The Bertz CT molecular complexity index is 1550. The molecule has 5 rings (SSSR count). The van der Waals surface area contributed by atoms with Gasteiger partial charge in [-0.15, -0.1) is 12.3 Å². The summed E-state index contributed by atoms with van der Waals surface area (Å²) in [5.41, 5.74) is 4.60. The number of carbonyl (C=O) groups is 2. The van der Waals surface area contributed by atoms with Gasteiger partial charge in [0.05, 0.1) is 28.6 Å². The summed E-state index contributed by atoms with van der Waals surface area (Å²) in [5.74, 6) is 2.32. The molecular formula is C29H26ClN5O3. The van der Waals surface area contributed by atoms with Crippen LogP contribution in [0.2, 0.25) is 5.02 Å². The summed E-state index contributed by atoms with van der Waals surface area (Å²) >= 11 is 6.19. The Balaban J connectivity index is 1.38. The third kappa shape index (κ3) is 4.99. The van der Waals surface area contributed by atoms with Gasteiger partial charge in [0.25, 0.3) is 11.5 Å². The second-order valence-corrected chi connectivity index (χ2v) is 9.59. The number of halogens is 1. The number of aromatic nitrogens is 2. The standard InChI is InChI=1S/C29H26ClN5O3/c1-2-9-24(31-16-8-17-34-27(36)21-12-6-7-13-22(21)28(34)37)26-32-25-18-19(30)14-15-23(25)29(38)35(26)33-20-10-4-3-5-11-20/h1,3-7,10-12,14-15,18,22,24,31,33H,8-9,13,16-17H2/t22?,24-/m1/s1. The molecule has 192 valence electrons. The lowest BCUT2D eigenvalue weighted by molar-refractivity contribution is -0.139. The second kappa shape index (κ2) is 11.1. The highest BCUT2D eigenvalue weighted by atomic mass is 35.5. The number of para-hydroxylation sites is 1. The fraction of sp³-hybridized carbons (Fsp3) is 0.241. The summed E-state index contributed by atoms with van der Waals surface area (Å²) in [4.78, 5) is 45.0. The molecule has 1 aromatic heterocycles. The van der Waals surface area contributed by atoms with Crippen LogP contribution in [0.15, 0.2) is 77.1 Å². The molecule has 2 aliphatic rings. The lowest BCUT2D eigenvalue weighted by atomic mass is 9.94. The molecule has 2 N–H and O–H groups in total. The number of nitrogens with zero attached hydrogens (tertiary/aromatic N) is 3. The maximum absolute atomic E-state index is 13.5. The Labute approximate surface area is 225 Å². The lowest BCUT2D eigenvalue weighted by Gasteiger charge is -2.22. The molecule has 2 heterocycles. The molecule has 38 heavy (non-hydrogen) atoms. The molecule has 0 bridgehead atoms. The number of fused-ring (bicyclic) bond motifs is 2. The van der Waals surface area contributed by atoms with Crippen molar-refractivity contribution in [3.05, 3.63) is 93.5 Å². The van der Waals surface area contributed by atoms with Crippen LogP contribution in [0.1, 0.15) is 31.1 Å². The van der Waals surface area contributed by atoms with Gasteiger partial charge in [-0.1, -0.05) is 48.0 Å². The Morgan fingerprint density at radius 3 is 2.74 bits per heavy atom. The molecular weight excluding hydrogens is 502 g/mol. The van der Waals surface area contributed by atoms with Crippen LogP contribution in [0.3, 0.4) is 0 Å². The number of nitrogens with one attached hydrogen (secondary N) is 2. The highest BCUT2D eigenvalue weighted by Gasteiger charge is 2.42. The van der Waals surface area contributed by atoms with Gasteiger partial charge < -0.3 is 5.32 Å². The van der Waals surface area contributed by atoms with E-state index in [0.29, 0.717) is 52.4 Å². The van der Waals surface area contributed by atoms with Crippen LogP contribution in [0, 0.1) is 18.3 Å². The molecule has 0 radical (unpaired) electrons. The molecule has 1 fully saturated rings. The molecule has 2 atom stereocenters. The van der Waals surface area contributed by atoms with E-state index in [1.54, 1.807) is 24.3 Å². The van der Waals surface area contributed by atoms with E-state index in [1.807, 2.05) is 42.5 Å². The first kappa shape index (κ1) is 25.5. The zero-order valence-electron chi connectivity index (χ0n) is 20.6. The predicted octanol–water partition coefficient (Wildman–Crippen LogP) is 3.84. The van der Waals surface area contributed by atoms with Crippen LogP contribution >= 0.6 is 11.6 Å². The fourth-order valence-corrected chi connectivity index (χ4v) is 4.95. The first-order chi connectivity index (χ1) is 18.5. The summed E-state index contributed by atoms with van der Waals surface area (Å²) in [6.45, 7) is 0.733. The lowest BCUT2D eigenvalue weighted by Crippen LogP contribution is -2.37. The fourth-order valence-electron chi connectivity index (χ4n) is 4.79. The van der Waals surface area contributed by atoms with Gasteiger partial charge in [-0.25, -0.2) is 9.66 Å². The number of anilines is 1. The van der Waals surface area contributed by atoms with E-state index < -0.39 is 6.04 Å². The van der Waals surface area contributed by atoms with Crippen LogP contribution in [0.25, 0.3) is 10.9 Å². The zero-order chi connectivity index (χ0) is 26.6. The molecule has 8 nitrogen and oxygen atoms in total. The number of hydrogen-bond acceptors (Lipinski definition) is 6. The second-order valence-electron chi connectivity index (χ2n) is 9.15. The van der Waals surface area contributed by atoms with Crippen LogP contribution < -0.4 is 16.3 Å². The average Bonchev–Trinajstić information content (AvgIpc) is 3.17. The van der Waals surface area contributed by atoms with Crippen molar-refractivity contribution in [2.75, 3.05) is 18.5 Å². The quantitative estimate of drug-likeness (QED) is 0.249. The van der Waals surface area contributed by atoms with Crippen molar-refractivity contribution in [2.24, 2.45) is 5.92 Å². The summed E-state index contributed by atoms with van der Waals surface area (Å²) in [6.07, 6.45) is 12.5. The van der Waals surface area contributed by atoms with Gasteiger partial charge in [0.2, 0.25) is 5.91 Å². The topological polar surface area (TPSA) is 96.3 Å². The van der Waals surface area contributed by atoms with Crippen molar-refractivity contribution >= 4 is 40.0 Å². The number of rotatable bonds is 9. The Hall–Kier alpha value is -4.19. The molecule has 1 unspecified atom stereocenters. The molecule has 1 aliphatic carbocycles. The highest BCUT2D eigenvalue weighted by molar-refractivity contribution is 6.31. The van der Waals surface area contributed by atoms with Crippen LogP contribution in [-0.4, -0.2) is 39.5 Å². The number of benzene rings is 2. The van der Waals surface area contributed by atoms with Gasteiger partial charge in [-0.3, -0.25) is 24.7 Å². The molecule has 0 saturated carbocycles. The zero-order valence-corrected chi connectivity index (χ0v) is 21.3. The Morgan fingerprint density at radius 1 is 1.16 bits per heavy atom. The Kier molecular flexibility index (Phi) is 7.40. The van der Waals surface area contributed by atoms with E-state index in [2.05, 4.69) is 16.7 Å². The maximum Gasteiger partial charge on any atom is 0.280 e. The van der Waals surface area contributed by atoms with Crippen LogP contribution in [-0.2, 0) is 9.59 Å². The molecule has 2 amide bonds. The average molecular weight is 528 g/mol. The summed E-state index contributed by atoms with van der Waals surface area (Å²) in [7, 11) is 0. The van der Waals surface area contributed by atoms with Crippen molar-refractivity contribution in [3.63, 3.8) is 0 Å². The van der Waals surface area contributed by atoms with Gasteiger partial charge in [-0.05, 0) is 49.7 Å². The number of likely N-dealkylation sites (tertiary alicyclic amines) is 1. The molecule has 9 heteroatoms. The van der Waals surface area contributed by atoms with Crippen LogP contribution in [0.4, 0.5) is 5.69 Å². The minimum atomic E-state index is -0.480. The minimum absolute atomic E-state index is 0.153. The monoisotopic (exact) mass is 527 g/mol. The van der Waals surface area contributed by atoms with E-state index >= 15 is 0 Å². The SMILES string of the molecule is C#CC[C@@H](NCCCN1C(=O)C2=CC=CCC2C1=O)c1nc2cc(Cl)ccc2c(=O)n1Nc1ccccc1. The van der Waals surface area contributed by atoms with Gasteiger partial charge in [-0.2, -0.15) is 0 Å². The third-order valence-corrected chi connectivity index (χ3v) is 6.91. The van der Waals surface area contributed by atoms with Gasteiger partial charge in [0.15, 0.2) is 0 Å². The third-order valence-electron chi connectivity index (χ3n) is 6.67. The summed E-state index contributed by atoms with van der Waals surface area (Å²) in [5, 5.41) is 4.26. The number of carbonyl (C=O) groups excluding carboxylic acids is 2. The summed E-state index contributed by atoms with van der Waals surface area (Å²) < 4.78 is 1.40. The predicted molar refractivity (Wildman–Crippen MR) is 147 cm³/mol. The first-order valence-electron chi connectivity index (χ1n) is 12.4. The molecule has 0 spiro atoms. The van der Waals surface area contributed by atoms with Crippen molar-refractivity contribution in [2.45, 2.75) is 25.3 Å². The van der Waals surface area contributed by atoms with Crippen molar-refractivity contribution in [1.29, 1.82) is 0 Å². The number of imide groups is 1. The normalized spacial score (nSPS) is 17.3. The van der Waals surface area contributed by atoms with E-state index in [0.717, 1.165) is 0 Å². The Morgan fingerprint density at radius 2 is 1.97 bits per heavy atom. The minimum Gasteiger partial charge on any atom is -0.306 e. The number of amides is 2. The van der Waals surface area contributed by atoms with E-state index in [-0.39, 0.29) is 36.3 Å². The maximum atomic E-state index is 13.5. The molecule has 3 aromatic rings. The van der Waals surface area contributed by atoms with E-state index in [4.69, 9.17) is 23.0 Å². The van der Waals surface area contributed by atoms with Crippen molar-refractivity contribution in [3.8, 4) is 12.3 Å². The van der Waals surface area contributed by atoms with Crippen LogP contribution in [0.5, 0.6) is 0 Å². The molecule has 2 aromatic carbocycles. The van der Waals surface area contributed by atoms with Crippen molar-refractivity contribution in [1.82, 2.24) is 19.9 Å². The largest absolute Gasteiger partial charge is 0.306 e. The van der Waals surface area contributed by atoms with Gasteiger partial charge in [0.1, 0.15) is 5.82 Å².